The molecule has 0 spiro atoms. The Morgan fingerprint density at radius 1 is 1.17 bits per heavy atom. The fraction of sp³-hybridized carbons (Fsp3) is 0.500. The van der Waals surface area contributed by atoms with Crippen LogP contribution in [-0.4, -0.2) is 42.4 Å². The molecule has 6 heteroatoms. The highest BCUT2D eigenvalue weighted by atomic mass is 19.1. The lowest BCUT2D eigenvalue weighted by Gasteiger charge is -2.37. The van der Waals surface area contributed by atoms with Crippen molar-refractivity contribution in [3.05, 3.63) is 23.8 Å². The SMILES string of the molecule is CC(O)N1CCN(c2cc(F)c(N)cc2F)CC1. The zero-order valence-electron chi connectivity index (χ0n) is 10.2. The van der Waals surface area contributed by atoms with Crippen LogP contribution < -0.4 is 10.6 Å². The molecule has 0 bridgehead atoms. The van der Waals surface area contributed by atoms with Gasteiger partial charge in [0.1, 0.15) is 17.9 Å². The molecule has 1 aromatic carbocycles. The summed E-state index contributed by atoms with van der Waals surface area (Å²) in [5, 5.41) is 9.43. The van der Waals surface area contributed by atoms with E-state index in [2.05, 4.69) is 0 Å². The number of hydrogen-bond donors (Lipinski definition) is 2. The van der Waals surface area contributed by atoms with Gasteiger partial charge in [-0.25, -0.2) is 8.78 Å². The van der Waals surface area contributed by atoms with Crippen LogP contribution in [0.1, 0.15) is 6.92 Å². The van der Waals surface area contributed by atoms with Crippen LogP contribution in [0, 0.1) is 11.6 Å². The number of hydrogen-bond acceptors (Lipinski definition) is 4. The number of rotatable bonds is 2. The Kier molecular flexibility index (Phi) is 3.68. The Hall–Kier alpha value is -1.40. The van der Waals surface area contributed by atoms with E-state index in [9.17, 15) is 13.9 Å². The molecule has 18 heavy (non-hydrogen) atoms. The van der Waals surface area contributed by atoms with Gasteiger partial charge in [0.05, 0.1) is 11.4 Å². The van der Waals surface area contributed by atoms with Crippen molar-refractivity contribution in [1.29, 1.82) is 0 Å². The second kappa shape index (κ2) is 5.07. The molecular weight excluding hydrogens is 240 g/mol. The first-order chi connectivity index (χ1) is 8.49. The quantitative estimate of drug-likeness (QED) is 0.776. The van der Waals surface area contributed by atoms with Crippen LogP contribution in [0.25, 0.3) is 0 Å². The summed E-state index contributed by atoms with van der Waals surface area (Å²) in [6, 6.07) is 2.13. The summed E-state index contributed by atoms with van der Waals surface area (Å²) in [5.74, 6) is -1.12. The van der Waals surface area contributed by atoms with Crippen molar-refractivity contribution in [2.45, 2.75) is 13.2 Å². The third kappa shape index (κ3) is 2.54. The van der Waals surface area contributed by atoms with Gasteiger partial charge in [0, 0.05) is 38.3 Å². The van der Waals surface area contributed by atoms with Gasteiger partial charge in [-0.3, -0.25) is 4.90 Å². The highest BCUT2D eigenvalue weighted by Gasteiger charge is 2.22. The number of benzene rings is 1. The van der Waals surface area contributed by atoms with Gasteiger partial charge in [0.15, 0.2) is 0 Å². The molecule has 0 aliphatic carbocycles. The fourth-order valence-electron chi connectivity index (χ4n) is 2.13. The zero-order valence-corrected chi connectivity index (χ0v) is 10.2. The molecule has 1 aromatic rings. The number of piperazine rings is 1. The Balaban J connectivity index is 2.12. The van der Waals surface area contributed by atoms with Crippen molar-refractivity contribution in [2.24, 2.45) is 0 Å². The minimum atomic E-state index is -0.607. The third-order valence-corrected chi connectivity index (χ3v) is 3.25. The van der Waals surface area contributed by atoms with Gasteiger partial charge < -0.3 is 15.7 Å². The lowest BCUT2D eigenvalue weighted by molar-refractivity contribution is 0.0152. The second-order valence-electron chi connectivity index (χ2n) is 4.48. The van der Waals surface area contributed by atoms with Crippen molar-refractivity contribution in [3.63, 3.8) is 0 Å². The van der Waals surface area contributed by atoms with Gasteiger partial charge in [-0.05, 0) is 6.92 Å². The van der Waals surface area contributed by atoms with E-state index in [1.807, 2.05) is 4.90 Å². The Morgan fingerprint density at radius 2 is 1.78 bits per heavy atom. The molecule has 3 N–H and O–H groups in total. The maximum atomic E-state index is 13.7. The summed E-state index contributed by atoms with van der Waals surface area (Å²) >= 11 is 0. The minimum Gasteiger partial charge on any atom is -0.396 e. The number of nitrogens with zero attached hydrogens (tertiary/aromatic N) is 2. The third-order valence-electron chi connectivity index (χ3n) is 3.25. The first kappa shape index (κ1) is 13.0. The van der Waals surface area contributed by atoms with Gasteiger partial charge in [-0.1, -0.05) is 0 Å². The Bertz CT molecular complexity index is 432. The van der Waals surface area contributed by atoms with E-state index in [0.717, 1.165) is 12.1 Å². The van der Waals surface area contributed by atoms with E-state index >= 15 is 0 Å². The Labute approximate surface area is 105 Å². The minimum absolute atomic E-state index is 0.182. The molecule has 1 aliphatic rings. The van der Waals surface area contributed by atoms with Crippen molar-refractivity contribution >= 4 is 11.4 Å². The summed E-state index contributed by atoms with van der Waals surface area (Å²) in [7, 11) is 0. The predicted molar refractivity (Wildman–Crippen MR) is 66.2 cm³/mol. The smallest absolute Gasteiger partial charge is 0.148 e. The van der Waals surface area contributed by atoms with Crippen molar-refractivity contribution in [2.75, 3.05) is 36.8 Å². The van der Waals surface area contributed by atoms with Gasteiger partial charge in [-0.2, -0.15) is 0 Å². The average Bonchev–Trinajstić information content (AvgIpc) is 2.34. The number of aliphatic hydroxyl groups excluding tert-OH is 1. The standard InChI is InChI=1S/C12H17F2N3O/c1-8(18)16-2-4-17(5-3-16)12-7-9(13)11(15)6-10(12)14/h6-8,18H,2-5,15H2,1H3. The summed E-state index contributed by atoms with van der Waals surface area (Å²) in [6.45, 7) is 4.02. The topological polar surface area (TPSA) is 52.7 Å². The van der Waals surface area contributed by atoms with Crippen LogP contribution in [-0.2, 0) is 0 Å². The maximum absolute atomic E-state index is 13.7. The lowest BCUT2D eigenvalue weighted by Crippen LogP contribution is -2.49. The molecule has 2 rings (SSSR count). The number of nitrogen functional groups attached to an aromatic ring is 1. The molecule has 0 saturated carbocycles. The van der Waals surface area contributed by atoms with E-state index in [1.54, 1.807) is 11.8 Å². The molecule has 1 saturated heterocycles. The first-order valence-electron chi connectivity index (χ1n) is 5.90. The van der Waals surface area contributed by atoms with Crippen molar-refractivity contribution in [1.82, 2.24) is 4.90 Å². The number of anilines is 2. The normalized spacial score (nSPS) is 19.0. The Morgan fingerprint density at radius 3 is 2.33 bits per heavy atom. The molecule has 1 aliphatic heterocycles. The van der Waals surface area contributed by atoms with Gasteiger partial charge >= 0.3 is 0 Å². The summed E-state index contributed by atoms with van der Waals surface area (Å²) < 4.78 is 27.1. The molecular formula is C12H17F2N3O. The molecule has 1 unspecified atom stereocenters. The summed E-state index contributed by atoms with van der Waals surface area (Å²) in [6.07, 6.45) is -0.514. The van der Waals surface area contributed by atoms with Gasteiger partial charge in [0.2, 0.25) is 0 Å². The van der Waals surface area contributed by atoms with E-state index in [-0.39, 0.29) is 11.4 Å². The van der Waals surface area contributed by atoms with Gasteiger partial charge in [-0.15, -0.1) is 0 Å². The fourth-order valence-corrected chi connectivity index (χ4v) is 2.13. The van der Waals surface area contributed by atoms with Crippen LogP contribution >= 0.6 is 0 Å². The second-order valence-corrected chi connectivity index (χ2v) is 4.48. The molecule has 0 aromatic heterocycles. The lowest BCUT2D eigenvalue weighted by atomic mass is 10.2. The maximum Gasteiger partial charge on any atom is 0.148 e. The largest absolute Gasteiger partial charge is 0.396 e. The van der Waals surface area contributed by atoms with Crippen LogP contribution in [0.2, 0.25) is 0 Å². The highest BCUT2D eigenvalue weighted by Crippen LogP contribution is 2.25. The van der Waals surface area contributed by atoms with Crippen LogP contribution in [0.15, 0.2) is 12.1 Å². The van der Waals surface area contributed by atoms with Crippen LogP contribution in [0.5, 0.6) is 0 Å². The molecule has 1 atom stereocenters. The molecule has 4 nitrogen and oxygen atoms in total. The highest BCUT2D eigenvalue weighted by molar-refractivity contribution is 5.55. The summed E-state index contributed by atoms with van der Waals surface area (Å²) in [5.41, 5.74) is 5.35. The first-order valence-corrected chi connectivity index (χ1v) is 5.90. The molecule has 1 heterocycles. The molecule has 0 radical (unpaired) electrons. The van der Waals surface area contributed by atoms with Crippen LogP contribution in [0.3, 0.4) is 0 Å². The predicted octanol–water partition coefficient (Wildman–Crippen LogP) is 1.01. The molecule has 100 valence electrons. The van der Waals surface area contributed by atoms with E-state index in [0.29, 0.717) is 26.2 Å². The monoisotopic (exact) mass is 257 g/mol. The van der Waals surface area contributed by atoms with E-state index in [4.69, 9.17) is 5.73 Å². The van der Waals surface area contributed by atoms with Crippen molar-refractivity contribution < 1.29 is 13.9 Å². The van der Waals surface area contributed by atoms with E-state index in [1.165, 1.54) is 0 Å². The number of halogens is 2. The number of aliphatic hydroxyl groups is 1. The van der Waals surface area contributed by atoms with Crippen molar-refractivity contribution in [3.8, 4) is 0 Å². The number of nitrogens with two attached hydrogens (primary N) is 1. The van der Waals surface area contributed by atoms with Gasteiger partial charge in [0.25, 0.3) is 0 Å². The summed E-state index contributed by atoms with van der Waals surface area (Å²) in [4.78, 5) is 3.64. The average molecular weight is 257 g/mol. The molecule has 1 fully saturated rings. The molecule has 0 amide bonds. The van der Waals surface area contributed by atoms with Crippen LogP contribution in [0.4, 0.5) is 20.2 Å². The zero-order chi connectivity index (χ0) is 13.3. The van der Waals surface area contributed by atoms with E-state index < -0.39 is 17.9 Å².